The summed E-state index contributed by atoms with van der Waals surface area (Å²) in [5.41, 5.74) is 1.73. The average Bonchev–Trinajstić information content (AvgIpc) is 3.19. The van der Waals surface area contributed by atoms with Gasteiger partial charge >= 0.3 is 6.09 Å². The van der Waals surface area contributed by atoms with Gasteiger partial charge in [0.15, 0.2) is 5.16 Å². The van der Waals surface area contributed by atoms with Crippen LogP contribution in [0.15, 0.2) is 35.7 Å². The SMILES string of the molecule is CCc1ccccc1-n1cnnc1SCC(=O)N1CCC(NC(=O)OC(C)(C)C)CC1. The number of ether oxygens (including phenoxy) is 1. The van der Waals surface area contributed by atoms with Crippen molar-refractivity contribution in [1.82, 2.24) is 25.0 Å². The monoisotopic (exact) mass is 445 g/mol. The van der Waals surface area contributed by atoms with Crippen molar-refractivity contribution < 1.29 is 14.3 Å². The Kier molecular flexibility index (Phi) is 7.59. The number of amides is 2. The maximum Gasteiger partial charge on any atom is 0.407 e. The van der Waals surface area contributed by atoms with E-state index in [2.05, 4.69) is 28.5 Å². The van der Waals surface area contributed by atoms with E-state index < -0.39 is 11.7 Å². The maximum atomic E-state index is 12.7. The molecule has 1 N–H and O–H groups in total. The van der Waals surface area contributed by atoms with Crippen LogP contribution >= 0.6 is 11.8 Å². The summed E-state index contributed by atoms with van der Waals surface area (Å²) in [7, 11) is 0. The Labute approximate surface area is 187 Å². The Hall–Kier alpha value is -2.55. The molecule has 0 saturated carbocycles. The van der Waals surface area contributed by atoms with E-state index in [-0.39, 0.29) is 11.9 Å². The van der Waals surface area contributed by atoms with Gasteiger partial charge in [0, 0.05) is 19.1 Å². The van der Waals surface area contributed by atoms with Gasteiger partial charge in [-0.05, 0) is 51.7 Å². The Morgan fingerprint density at radius 2 is 1.94 bits per heavy atom. The lowest BCUT2D eigenvalue weighted by atomic mass is 10.1. The molecule has 0 radical (unpaired) electrons. The summed E-state index contributed by atoms with van der Waals surface area (Å²) in [6.45, 7) is 8.87. The summed E-state index contributed by atoms with van der Waals surface area (Å²) in [6, 6.07) is 8.16. The molecule has 1 aromatic heterocycles. The molecule has 1 aliphatic rings. The molecule has 168 valence electrons. The Morgan fingerprint density at radius 3 is 2.61 bits per heavy atom. The van der Waals surface area contributed by atoms with E-state index in [1.807, 2.05) is 48.4 Å². The van der Waals surface area contributed by atoms with E-state index >= 15 is 0 Å². The van der Waals surface area contributed by atoms with Gasteiger partial charge in [0.1, 0.15) is 11.9 Å². The number of alkyl carbamates (subject to hydrolysis) is 1. The van der Waals surface area contributed by atoms with Crippen molar-refractivity contribution in [2.75, 3.05) is 18.8 Å². The molecule has 1 aliphatic heterocycles. The zero-order chi connectivity index (χ0) is 22.4. The van der Waals surface area contributed by atoms with Crippen LogP contribution in [0, 0.1) is 0 Å². The molecule has 2 amide bonds. The smallest absolute Gasteiger partial charge is 0.407 e. The molecule has 0 spiro atoms. The quantitative estimate of drug-likeness (QED) is 0.685. The van der Waals surface area contributed by atoms with Crippen LogP contribution in [0.4, 0.5) is 4.79 Å². The van der Waals surface area contributed by atoms with Gasteiger partial charge < -0.3 is 15.0 Å². The standard InChI is InChI=1S/C22H31N5O3S/c1-5-16-8-6-7-9-18(16)27-15-23-25-20(27)31-14-19(28)26-12-10-17(11-13-26)24-21(29)30-22(2,3)4/h6-9,15,17H,5,10-14H2,1-4H3,(H,24,29). The molecular weight excluding hydrogens is 414 g/mol. The second-order valence-electron chi connectivity index (χ2n) is 8.56. The second-order valence-corrected chi connectivity index (χ2v) is 9.50. The fourth-order valence-corrected chi connectivity index (χ4v) is 4.32. The van der Waals surface area contributed by atoms with Crippen LogP contribution in [0.5, 0.6) is 0 Å². The molecule has 1 fully saturated rings. The zero-order valence-electron chi connectivity index (χ0n) is 18.6. The van der Waals surface area contributed by atoms with Crippen molar-refractivity contribution in [3.05, 3.63) is 36.2 Å². The van der Waals surface area contributed by atoms with Crippen molar-refractivity contribution in [2.45, 2.75) is 63.8 Å². The van der Waals surface area contributed by atoms with E-state index in [0.717, 1.165) is 24.9 Å². The lowest BCUT2D eigenvalue weighted by molar-refractivity contribution is -0.129. The predicted molar refractivity (Wildman–Crippen MR) is 120 cm³/mol. The number of hydrogen-bond acceptors (Lipinski definition) is 6. The minimum atomic E-state index is -0.518. The fourth-order valence-electron chi connectivity index (χ4n) is 3.50. The molecule has 1 aromatic carbocycles. The van der Waals surface area contributed by atoms with E-state index in [4.69, 9.17) is 4.74 Å². The molecule has 0 bridgehead atoms. The number of hydrogen-bond donors (Lipinski definition) is 1. The highest BCUT2D eigenvalue weighted by Gasteiger charge is 2.26. The predicted octanol–water partition coefficient (Wildman–Crippen LogP) is 3.44. The van der Waals surface area contributed by atoms with Crippen LogP contribution < -0.4 is 5.32 Å². The molecular formula is C22H31N5O3S. The van der Waals surface area contributed by atoms with Crippen molar-refractivity contribution in [2.24, 2.45) is 0 Å². The summed E-state index contributed by atoms with van der Waals surface area (Å²) < 4.78 is 7.25. The number of aryl methyl sites for hydroxylation is 1. The first kappa shape index (κ1) is 23.1. The third kappa shape index (κ3) is 6.46. The van der Waals surface area contributed by atoms with Gasteiger partial charge in [0.05, 0.1) is 11.4 Å². The highest BCUT2D eigenvalue weighted by atomic mass is 32.2. The largest absolute Gasteiger partial charge is 0.444 e. The molecule has 2 heterocycles. The number of carbonyl (C=O) groups is 2. The topological polar surface area (TPSA) is 89.4 Å². The molecule has 9 heteroatoms. The summed E-state index contributed by atoms with van der Waals surface area (Å²) >= 11 is 1.40. The molecule has 31 heavy (non-hydrogen) atoms. The van der Waals surface area contributed by atoms with Crippen LogP contribution in [0.1, 0.15) is 46.1 Å². The number of thioether (sulfide) groups is 1. The number of rotatable bonds is 6. The van der Waals surface area contributed by atoms with Gasteiger partial charge in [-0.15, -0.1) is 10.2 Å². The van der Waals surface area contributed by atoms with Gasteiger partial charge in [0.2, 0.25) is 5.91 Å². The number of nitrogens with one attached hydrogen (secondary N) is 1. The summed E-state index contributed by atoms with van der Waals surface area (Å²) in [6.07, 6.45) is 3.63. The summed E-state index contributed by atoms with van der Waals surface area (Å²) in [4.78, 5) is 26.5. The molecule has 0 unspecified atom stereocenters. The minimum Gasteiger partial charge on any atom is -0.444 e. The van der Waals surface area contributed by atoms with Crippen LogP contribution in [-0.2, 0) is 16.0 Å². The molecule has 1 saturated heterocycles. The lowest BCUT2D eigenvalue weighted by Gasteiger charge is -2.32. The number of nitrogens with zero attached hydrogens (tertiary/aromatic N) is 4. The molecule has 2 aromatic rings. The first-order valence-corrected chi connectivity index (χ1v) is 11.6. The van der Waals surface area contributed by atoms with Crippen molar-refractivity contribution >= 4 is 23.8 Å². The van der Waals surface area contributed by atoms with Crippen LogP contribution in [0.2, 0.25) is 0 Å². The second kappa shape index (κ2) is 10.2. The number of carbonyl (C=O) groups excluding carboxylic acids is 2. The molecule has 3 rings (SSSR count). The summed E-state index contributed by atoms with van der Waals surface area (Å²) in [5.74, 6) is 0.371. The van der Waals surface area contributed by atoms with Crippen LogP contribution in [0.3, 0.4) is 0 Å². The average molecular weight is 446 g/mol. The van der Waals surface area contributed by atoms with Gasteiger partial charge in [0.25, 0.3) is 0 Å². The number of para-hydroxylation sites is 1. The van der Waals surface area contributed by atoms with E-state index in [1.54, 1.807) is 6.33 Å². The first-order chi connectivity index (χ1) is 14.8. The van der Waals surface area contributed by atoms with Crippen molar-refractivity contribution in [3.8, 4) is 5.69 Å². The number of piperidine rings is 1. The summed E-state index contributed by atoms with van der Waals surface area (Å²) in [5, 5.41) is 11.8. The maximum absolute atomic E-state index is 12.7. The normalized spacial score (nSPS) is 15.0. The van der Waals surface area contributed by atoms with E-state index in [0.29, 0.717) is 24.0 Å². The Bertz CT molecular complexity index is 901. The highest BCUT2D eigenvalue weighted by molar-refractivity contribution is 7.99. The van der Waals surface area contributed by atoms with E-state index in [9.17, 15) is 9.59 Å². The zero-order valence-corrected chi connectivity index (χ0v) is 19.4. The van der Waals surface area contributed by atoms with Crippen molar-refractivity contribution in [3.63, 3.8) is 0 Å². The highest BCUT2D eigenvalue weighted by Crippen LogP contribution is 2.23. The van der Waals surface area contributed by atoms with E-state index in [1.165, 1.54) is 17.3 Å². The molecule has 0 aliphatic carbocycles. The number of likely N-dealkylation sites (tertiary alicyclic amines) is 1. The fraction of sp³-hybridized carbons (Fsp3) is 0.545. The number of benzene rings is 1. The van der Waals surface area contributed by atoms with Crippen molar-refractivity contribution in [1.29, 1.82) is 0 Å². The van der Waals surface area contributed by atoms with Crippen LogP contribution in [-0.4, -0.2) is 62.2 Å². The lowest BCUT2D eigenvalue weighted by Crippen LogP contribution is -2.48. The Morgan fingerprint density at radius 1 is 1.23 bits per heavy atom. The third-order valence-corrected chi connectivity index (χ3v) is 5.97. The van der Waals surface area contributed by atoms with Gasteiger partial charge in [-0.3, -0.25) is 9.36 Å². The van der Waals surface area contributed by atoms with Gasteiger partial charge in [-0.2, -0.15) is 0 Å². The van der Waals surface area contributed by atoms with Gasteiger partial charge in [-0.25, -0.2) is 4.79 Å². The van der Waals surface area contributed by atoms with Crippen LogP contribution in [0.25, 0.3) is 5.69 Å². The Balaban J connectivity index is 1.50. The third-order valence-electron chi connectivity index (χ3n) is 5.04. The van der Waals surface area contributed by atoms with Gasteiger partial charge in [-0.1, -0.05) is 36.9 Å². The first-order valence-electron chi connectivity index (χ1n) is 10.6. The number of aromatic nitrogens is 3. The molecule has 0 atom stereocenters. The molecule has 8 nitrogen and oxygen atoms in total. The minimum absolute atomic E-state index is 0.0280.